The van der Waals surface area contributed by atoms with E-state index in [0.717, 1.165) is 79.7 Å². The van der Waals surface area contributed by atoms with Gasteiger partial charge in [-0.05, 0) is 123 Å². The molecular formula is C37H40F4O5. The monoisotopic (exact) mass is 640 g/mol. The van der Waals surface area contributed by atoms with Crippen LogP contribution in [0.1, 0.15) is 51.4 Å². The predicted octanol–water partition coefficient (Wildman–Crippen LogP) is 10.4. The highest BCUT2D eigenvalue weighted by Gasteiger charge is 2.31. The molecule has 46 heavy (non-hydrogen) atoms. The molecule has 9 heteroatoms. The number of benzene rings is 4. The van der Waals surface area contributed by atoms with Crippen LogP contribution in [0.3, 0.4) is 0 Å². The van der Waals surface area contributed by atoms with Crippen molar-refractivity contribution in [3.05, 3.63) is 103 Å². The molecule has 4 rings (SSSR count). The van der Waals surface area contributed by atoms with Gasteiger partial charge < -0.3 is 23.7 Å². The summed E-state index contributed by atoms with van der Waals surface area (Å²) < 4.78 is 77.2. The second kappa shape index (κ2) is 18.5. The molecule has 0 bridgehead atoms. The first-order valence-corrected chi connectivity index (χ1v) is 15.7. The number of para-hydroxylation sites is 2. The summed E-state index contributed by atoms with van der Waals surface area (Å²) in [5.41, 5.74) is 1.99. The van der Waals surface area contributed by atoms with Gasteiger partial charge in [0, 0.05) is 0 Å². The van der Waals surface area contributed by atoms with Crippen molar-refractivity contribution in [1.82, 2.24) is 0 Å². The maximum absolute atomic E-state index is 13.1. The molecule has 4 aromatic carbocycles. The van der Waals surface area contributed by atoms with Crippen molar-refractivity contribution in [3.63, 3.8) is 0 Å². The van der Waals surface area contributed by atoms with Crippen molar-refractivity contribution in [2.75, 3.05) is 26.4 Å². The van der Waals surface area contributed by atoms with Gasteiger partial charge in [-0.3, -0.25) is 0 Å². The van der Waals surface area contributed by atoms with Crippen LogP contribution < -0.4 is 23.7 Å². The Balaban J connectivity index is 1.00. The Labute approximate surface area is 268 Å². The molecule has 0 heterocycles. The lowest BCUT2D eigenvalue weighted by Crippen LogP contribution is -2.16. The average molecular weight is 641 g/mol. The molecule has 0 unspecified atom stereocenters. The van der Waals surface area contributed by atoms with Gasteiger partial charge in [0.15, 0.2) is 11.5 Å². The molecule has 0 radical (unpaired) electrons. The quantitative estimate of drug-likeness (QED) is 0.0711. The molecule has 0 aromatic heterocycles. The highest BCUT2D eigenvalue weighted by Crippen LogP contribution is 2.28. The topological polar surface area (TPSA) is 46.2 Å². The zero-order valence-corrected chi connectivity index (χ0v) is 25.8. The summed E-state index contributed by atoms with van der Waals surface area (Å²) in [5, 5.41) is 0. The fraction of sp³-hybridized carbons (Fsp3) is 0.351. The summed E-state index contributed by atoms with van der Waals surface area (Å²) in [6.07, 6.45) is 2.91. The van der Waals surface area contributed by atoms with E-state index in [4.69, 9.17) is 18.9 Å². The van der Waals surface area contributed by atoms with Gasteiger partial charge in [0.1, 0.15) is 23.1 Å². The number of unbranched alkanes of at least 4 members (excludes halogenated alkanes) is 6. The average Bonchev–Trinajstić information content (AvgIpc) is 3.05. The Morgan fingerprint density at radius 3 is 1.22 bits per heavy atom. The summed E-state index contributed by atoms with van der Waals surface area (Å²) >= 11 is 0. The number of rotatable bonds is 20. The second-order valence-corrected chi connectivity index (χ2v) is 10.7. The minimum absolute atomic E-state index is 0.243. The zero-order chi connectivity index (χ0) is 32.5. The third-order valence-electron chi connectivity index (χ3n) is 7.07. The lowest BCUT2D eigenvalue weighted by atomic mass is 10.1. The zero-order valence-electron chi connectivity index (χ0n) is 25.8. The van der Waals surface area contributed by atoms with Crippen LogP contribution in [0.15, 0.2) is 97.1 Å². The summed E-state index contributed by atoms with van der Waals surface area (Å²) in [5.74, 6) is 2.30. The molecule has 0 saturated heterocycles. The Hall–Kier alpha value is -4.40. The lowest BCUT2D eigenvalue weighted by Gasteiger charge is -2.13. The van der Waals surface area contributed by atoms with E-state index in [2.05, 4.69) is 4.74 Å². The molecule has 0 fully saturated rings. The SMILES string of the molecule is Fc1ccc(-c2ccc(OCCCCCCOc3ccccc3OCCCCCCOc3ccc(OC(F)(F)F)cc3)cc2)cc1. The number of hydrogen-bond acceptors (Lipinski definition) is 5. The maximum atomic E-state index is 13.1. The van der Waals surface area contributed by atoms with Crippen molar-refractivity contribution < 1.29 is 41.2 Å². The van der Waals surface area contributed by atoms with Crippen molar-refractivity contribution >= 4 is 0 Å². The van der Waals surface area contributed by atoms with Crippen LogP contribution in [0.25, 0.3) is 11.1 Å². The normalized spacial score (nSPS) is 11.2. The molecule has 0 spiro atoms. The molecule has 5 nitrogen and oxygen atoms in total. The Morgan fingerprint density at radius 2 is 0.783 bits per heavy atom. The van der Waals surface area contributed by atoms with Gasteiger partial charge in [-0.15, -0.1) is 13.2 Å². The van der Waals surface area contributed by atoms with Crippen LogP contribution in [-0.2, 0) is 0 Å². The van der Waals surface area contributed by atoms with E-state index in [-0.39, 0.29) is 11.6 Å². The van der Waals surface area contributed by atoms with Gasteiger partial charge in [-0.2, -0.15) is 0 Å². The van der Waals surface area contributed by atoms with Gasteiger partial charge in [-0.25, -0.2) is 4.39 Å². The minimum atomic E-state index is -4.70. The van der Waals surface area contributed by atoms with Gasteiger partial charge in [0.25, 0.3) is 0 Å². The second-order valence-electron chi connectivity index (χ2n) is 10.7. The fourth-order valence-corrected chi connectivity index (χ4v) is 4.67. The highest BCUT2D eigenvalue weighted by atomic mass is 19.4. The van der Waals surface area contributed by atoms with Crippen molar-refractivity contribution in [2.24, 2.45) is 0 Å². The Bertz CT molecular complexity index is 1410. The lowest BCUT2D eigenvalue weighted by molar-refractivity contribution is -0.274. The first kappa shape index (κ1) is 34.5. The van der Waals surface area contributed by atoms with E-state index in [9.17, 15) is 17.6 Å². The third-order valence-corrected chi connectivity index (χ3v) is 7.07. The minimum Gasteiger partial charge on any atom is -0.494 e. The van der Waals surface area contributed by atoms with Gasteiger partial charge >= 0.3 is 6.36 Å². The first-order valence-electron chi connectivity index (χ1n) is 15.7. The summed E-state index contributed by atoms with van der Waals surface area (Å²) in [6.45, 7) is 2.33. The molecule has 0 aliphatic heterocycles. The molecule has 0 aliphatic carbocycles. The molecular weight excluding hydrogens is 600 g/mol. The van der Waals surface area contributed by atoms with Gasteiger partial charge in [0.05, 0.1) is 26.4 Å². The predicted molar refractivity (Wildman–Crippen MR) is 170 cm³/mol. The van der Waals surface area contributed by atoms with Crippen LogP contribution in [0.5, 0.6) is 28.7 Å². The number of hydrogen-bond donors (Lipinski definition) is 0. The van der Waals surface area contributed by atoms with Gasteiger partial charge in [0.2, 0.25) is 0 Å². The standard InChI is InChI=1S/C37H40F4O5/c38-31-17-13-29(14-18-31)30-15-19-32(20-16-30)42-25-7-1-3-9-27-44-35-11-5-6-12-36(35)45-28-10-4-2-8-26-43-33-21-23-34(24-22-33)46-37(39,40)41/h5-6,11-24H,1-4,7-10,25-28H2. The highest BCUT2D eigenvalue weighted by molar-refractivity contribution is 5.64. The molecule has 4 aromatic rings. The Kier molecular flexibility index (Phi) is 13.9. The summed E-state index contributed by atoms with van der Waals surface area (Å²) in [6, 6.07) is 27.4. The smallest absolute Gasteiger partial charge is 0.494 e. The third kappa shape index (κ3) is 12.9. The molecule has 0 N–H and O–H groups in total. The van der Waals surface area contributed by atoms with E-state index >= 15 is 0 Å². The van der Waals surface area contributed by atoms with E-state index in [1.54, 1.807) is 12.1 Å². The largest absolute Gasteiger partial charge is 0.573 e. The van der Waals surface area contributed by atoms with Crippen molar-refractivity contribution in [3.8, 4) is 39.9 Å². The Morgan fingerprint density at radius 1 is 0.413 bits per heavy atom. The summed E-state index contributed by atoms with van der Waals surface area (Å²) in [7, 11) is 0. The van der Waals surface area contributed by atoms with Crippen LogP contribution in [0, 0.1) is 5.82 Å². The first-order chi connectivity index (χ1) is 22.4. The molecule has 0 aliphatic rings. The number of alkyl halides is 3. The van der Waals surface area contributed by atoms with E-state index in [1.165, 1.54) is 36.4 Å². The summed E-state index contributed by atoms with van der Waals surface area (Å²) in [4.78, 5) is 0. The van der Waals surface area contributed by atoms with E-state index in [0.29, 0.717) is 32.2 Å². The van der Waals surface area contributed by atoms with Crippen molar-refractivity contribution in [2.45, 2.75) is 57.7 Å². The van der Waals surface area contributed by atoms with Crippen molar-refractivity contribution in [1.29, 1.82) is 0 Å². The van der Waals surface area contributed by atoms with Crippen LogP contribution in [0.4, 0.5) is 17.6 Å². The molecule has 0 saturated carbocycles. The fourth-order valence-electron chi connectivity index (χ4n) is 4.67. The van der Waals surface area contributed by atoms with Crippen LogP contribution >= 0.6 is 0 Å². The van der Waals surface area contributed by atoms with Crippen LogP contribution in [0.2, 0.25) is 0 Å². The van der Waals surface area contributed by atoms with E-state index in [1.807, 2.05) is 48.5 Å². The van der Waals surface area contributed by atoms with E-state index < -0.39 is 6.36 Å². The number of halogens is 4. The van der Waals surface area contributed by atoms with Gasteiger partial charge in [-0.1, -0.05) is 36.4 Å². The molecule has 0 amide bonds. The number of ether oxygens (including phenoxy) is 5. The maximum Gasteiger partial charge on any atom is 0.573 e. The molecule has 0 atom stereocenters. The van der Waals surface area contributed by atoms with Crippen LogP contribution in [-0.4, -0.2) is 32.8 Å². The molecule has 246 valence electrons.